The van der Waals surface area contributed by atoms with Gasteiger partial charge in [-0.05, 0) is 28.3 Å². The Morgan fingerprint density at radius 3 is 2.26 bits per heavy atom. The largest absolute Gasteiger partial charge is 0.448 e. The number of aliphatic hydroxyl groups is 1. The number of hydrogen-bond donors (Lipinski definition) is 1. The van der Waals surface area contributed by atoms with Gasteiger partial charge in [0.25, 0.3) is 0 Å². The van der Waals surface area contributed by atoms with Crippen LogP contribution in [0.15, 0.2) is 66.9 Å². The first-order valence-electron chi connectivity index (χ1n) is 11.9. The van der Waals surface area contributed by atoms with Crippen molar-refractivity contribution in [2.45, 2.75) is 36.4 Å². The predicted molar refractivity (Wildman–Crippen MR) is 127 cm³/mol. The second-order valence-electron chi connectivity index (χ2n) is 9.54. The van der Waals surface area contributed by atoms with Gasteiger partial charge in [0.15, 0.2) is 0 Å². The van der Waals surface area contributed by atoms with Gasteiger partial charge in [-0.3, -0.25) is 4.90 Å². The molecule has 3 heterocycles. The summed E-state index contributed by atoms with van der Waals surface area (Å²) in [6.07, 6.45) is 1.82. The smallest absolute Gasteiger partial charge is 0.410 e. The first-order chi connectivity index (χ1) is 17.1. The topological polar surface area (TPSA) is 95.7 Å². The van der Waals surface area contributed by atoms with Crippen molar-refractivity contribution >= 4 is 6.09 Å². The maximum Gasteiger partial charge on any atom is 0.410 e. The molecule has 3 aliphatic rings. The van der Waals surface area contributed by atoms with E-state index in [1.165, 1.54) is 22.3 Å². The number of ether oxygens (including phenoxy) is 2. The highest BCUT2D eigenvalue weighted by molar-refractivity contribution is 5.79. The van der Waals surface area contributed by atoms with Crippen LogP contribution in [0.1, 0.15) is 41.1 Å². The van der Waals surface area contributed by atoms with E-state index in [0.717, 1.165) is 0 Å². The second kappa shape index (κ2) is 8.49. The lowest BCUT2D eigenvalue weighted by Gasteiger charge is -2.50. The first-order valence-corrected chi connectivity index (χ1v) is 11.9. The van der Waals surface area contributed by atoms with Crippen LogP contribution < -0.4 is 0 Å². The number of nitrogens with zero attached hydrogens (tertiary/aromatic N) is 3. The van der Waals surface area contributed by atoms with E-state index in [1.807, 2.05) is 30.3 Å². The van der Waals surface area contributed by atoms with Gasteiger partial charge in [0.1, 0.15) is 18.4 Å². The molecule has 1 aromatic heterocycles. The Balaban J connectivity index is 1.20. The van der Waals surface area contributed by atoms with Crippen LogP contribution in [0.25, 0.3) is 11.1 Å². The normalized spacial score (nSPS) is 24.9. The first kappa shape index (κ1) is 21.8. The molecule has 1 aliphatic carbocycles. The quantitative estimate of drug-likeness (QED) is 0.627. The fraction of sp³-hybridized carbons (Fsp3) is 0.321. The maximum absolute atomic E-state index is 13.3. The number of fused-ring (bicyclic) bond motifs is 5. The molecule has 2 fully saturated rings. The minimum atomic E-state index is -1.14. The Hall–Kier alpha value is -3.73. The number of benzene rings is 2. The van der Waals surface area contributed by atoms with Crippen LogP contribution in [0.3, 0.4) is 0 Å². The van der Waals surface area contributed by atoms with E-state index in [2.05, 4.69) is 29.2 Å². The van der Waals surface area contributed by atoms with Gasteiger partial charge in [0.05, 0.1) is 30.9 Å². The zero-order valence-corrected chi connectivity index (χ0v) is 19.1. The van der Waals surface area contributed by atoms with Crippen molar-refractivity contribution in [3.63, 3.8) is 0 Å². The Kier molecular flexibility index (Phi) is 5.28. The van der Waals surface area contributed by atoms with E-state index < -0.39 is 5.60 Å². The molecule has 1 amide bonds. The van der Waals surface area contributed by atoms with Crippen molar-refractivity contribution in [1.82, 2.24) is 9.88 Å². The van der Waals surface area contributed by atoms with Gasteiger partial charge in [-0.2, -0.15) is 5.26 Å². The van der Waals surface area contributed by atoms with Crippen molar-refractivity contribution in [3.8, 4) is 17.2 Å². The van der Waals surface area contributed by atoms with Crippen LogP contribution in [-0.2, 0) is 15.1 Å². The predicted octanol–water partition coefficient (Wildman–Crippen LogP) is 3.95. The van der Waals surface area contributed by atoms with Crippen LogP contribution in [-0.4, -0.2) is 53.0 Å². The van der Waals surface area contributed by atoms with Crippen molar-refractivity contribution < 1.29 is 19.4 Å². The molecule has 0 radical (unpaired) electrons. The molecule has 1 N–H and O–H groups in total. The maximum atomic E-state index is 13.3. The average Bonchev–Trinajstić information content (AvgIpc) is 3.20. The number of pyridine rings is 1. The number of morpholine rings is 1. The van der Waals surface area contributed by atoms with E-state index >= 15 is 0 Å². The molecular weight excluding hydrogens is 442 g/mol. The van der Waals surface area contributed by atoms with Gasteiger partial charge in [-0.15, -0.1) is 0 Å². The van der Waals surface area contributed by atoms with E-state index in [1.54, 1.807) is 23.2 Å². The monoisotopic (exact) mass is 467 g/mol. The summed E-state index contributed by atoms with van der Waals surface area (Å²) in [5.74, 6) is -0.00566. The summed E-state index contributed by atoms with van der Waals surface area (Å²) in [6, 6.07) is 21.3. The molecule has 7 nitrogen and oxygen atoms in total. The third-order valence-electron chi connectivity index (χ3n) is 7.52. The standard InChI is InChI=1S/C28H25N3O4/c29-13-19-10-9-18(14-30-19)28(33)11-20-15-34-16-21(12-28)31(20)27(32)35-17-26-24-7-3-1-5-22(24)23-6-2-4-8-25(23)26/h1-10,14,20-21,26,33H,11-12,15-17H2. The summed E-state index contributed by atoms with van der Waals surface area (Å²) in [4.78, 5) is 19.2. The van der Waals surface area contributed by atoms with Gasteiger partial charge < -0.3 is 14.6 Å². The Morgan fingerprint density at radius 1 is 1.06 bits per heavy atom. The molecular formula is C28H25N3O4. The van der Waals surface area contributed by atoms with E-state index in [9.17, 15) is 9.90 Å². The highest BCUT2D eigenvalue weighted by Gasteiger charge is 2.49. The summed E-state index contributed by atoms with van der Waals surface area (Å²) >= 11 is 0. The number of carbonyl (C=O) groups excluding carboxylic acids is 1. The summed E-state index contributed by atoms with van der Waals surface area (Å²) in [6.45, 7) is 0.937. The van der Waals surface area contributed by atoms with Gasteiger partial charge in [-0.25, -0.2) is 9.78 Å². The lowest BCUT2D eigenvalue weighted by atomic mass is 9.77. The number of aromatic nitrogens is 1. The van der Waals surface area contributed by atoms with Crippen LogP contribution in [0.2, 0.25) is 0 Å². The van der Waals surface area contributed by atoms with Crippen molar-refractivity contribution in [3.05, 3.63) is 89.2 Å². The van der Waals surface area contributed by atoms with Gasteiger partial charge >= 0.3 is 6.09 Å². The van der Waals surface area contributed by atoms with E-state index in [0.29, 0.717) is 37.3 Å². The van der Waals surface area contributed by atoms with Crippen LogP contribution in [0.4, 0.5) is 4.79 Å². The molecule has 2 unspecified atom stereocenters. The fourth-order valence-electron chi connectivity index (χ4n) is 5.91. The minimum Gasteiger partial charge on any atom is -0.448 e. The molecule has 0 saturated carbocycles. The molecule has 35 heavy (non-hydrogen) atoms. The molecule has 2 bridgehead atoms. The van der Waals surface area contributed by atoms with Crippen molar-refractivity contribution in [2.75, 3.05) is 19.8 Å². The van der Waals surface area contributed by atoms with Crippen LogP contribution >= 0.6 is 0 Å². The number of amides is 1. The third-order valence-corrected chi connectivity index (χ3v) is 7.52. The number of carbonyl (C=O) groups is 1. The fourth-order valence-corrected chi connectivity index (χ4v) is 5.91. The number of hydrogen-bond acceptors (Lipinski definition) is 6. The molecule has 2 aromatic carbocycles. The highest BCUT2D eigenvalue weighted by Crippen LogP contribution is 2.45. The molecule has 0 spiro atoms. The summed E-state index contributed by atoms with van der Waals surface area (Å²) in [7, 11) is 0. The van der Waals surface area contributed by atoms with E-state index in [-0.39, 0.29) is 30.7 Å². The number of rotatable bonds is 3. The van der Waals surface area contributed by atoms with Gasteiger partial charge in [0.2, 0.25) is 0 Å². The zero-order valence-electron chi connectivity index (χ0n) is 19.1. The second-order valence-corrected chi connectivity index (χ2v) is 9.54. The lowest BCUT2D eigenvalue weighted by Crippen LogP contribution is -2.62. The Labute approximate surface area is 203 Å². The number of piperidine rings is 1. The van der Waals surface area contributed by atoms with Crippen molar-refractivity contribution in [2.24, 2.45) is 0 Å². The van der Waals surface area contributed by atoms with Crippen LogP contribution in [0, 0.1) is 11.3 Å². The van der Waals surface area contributed by atoms with Crippen LogP contribution in [0.5, 0.6) is 0 Å². The molecule has 2 atom stereocenters. The molecule has 2 aliphatic heterocycles. The van der Waals surface area contributed by atoms with Gasteiger partial charge in [0, 0.05) is 30.5 Å². The molecule has 176 valence electrons. The molecule has 6 rings (SSSR count). The van der Waals surface area contributed by atoms with Crippen molar-refractivity contribution in [1.29, 1.82) is 5.26 Å². The average molecular weight is 468 g/mol. The summed E-state index contributed by atoms with van der Waals surface area (Å²) < 4.78 is 11.7. The van der Waals surface area contributed by atoms with E-state index in [4.69, 9.17) is 14.7 Å². The number of nitriles is 1. The SMILES string of the molecule is N#Cc1ccc(C2(O)CC3COCC(C2)N3C(=O)OCC2c3ccccc3-c3ccccc32)cn1. The molecule has 3 aromatic rings. The summed E-state index contributed by atoms with van der Waals surface area (Å²) in [5, 5.41) is 20.5. The lowest BCUT2D eigenvalue weighted by molar-refractivity contribution is -0.136. The highest BCUT2D eigenvalue weighted by atomic mass is 16.6. The third kappa shape index (κ3) is 3.66. The molecule has 7 heteroatoms. The summed E-state index contributed by atoms with van der Waals surface area (Å²) in [5.41, 5.74) is 4.54. The minimum absolute atomic E-state index is 0.00566. The zero-order chi connectivity index (χ0) is 24.0. The van der Waals surface area contributed by atoms with Gasteiger partial charge in [-0.1, -0.05) is 54.6 Å². The Morgan fingerprint density at radius 2 is 1.69 bits per heavy atom. The molecule has 2 saturated heterocycles. The Bertz CT molecular complexity index is 1260.